The van der Waals surface area contributed by atoms with Crippen molar-refractivity contribution >= 4 is 12.3 Å². The second-order valence-corrected chi connectivity index (χ2v) is 6.92. The minimum Gasteiger partial charge on any atom is -0.466 e. The summed E-state index contributed by atoms with van der Waals surface area (Å²) in [7, 11) is 0. The van der Waals surface area contributed by atoms with Crippen LogP contribution in [0.2, 0.25) is 0 Å². The predicted molar refractivity (Wildman–Crippen MR) is 111 cm³/mol. The summed E-state index contributed by atoms with van der Waals surface area (Å²) < 4.78 is 16.6. The van der Waals surface area contributed by atoms with Crippen LogP contribution in [0, 0.1) is 0 Å². The first kappa shape index (κ1) is 22.8. The average molecular weight is 398 g/mol. The van der Waals surface area contributed by atoms with E-state index >= 15 is 0 Å². The van der Waals surface area contributed by atoms with E-state index in [9.17, 15) is 9.59 Å². The molecule has 1 aliphatic rings. The summed E-state index contributed by atoms with van der Waals surface area (Å²) in [5.41, 5.74) is 1.97. The van der Waals surface area contributed by atoms with Crippen molar-refractivity contribution in [3.63, 3.8) is 0 Å². The normalized spacial score (nSPS) is 14.1. The van der Waals surface area contributed by atoms with Gasteiger partial charge in [-0.25, -0.2) is 0 Å². The van der Waals surface area contributed by atoms with Gasteiger partial charge in [0.1, 0.15) is 6.10 Å². The molecule has 1 saturated carbocycles. The summed E-state index contributed by atoms with van der Waals surface area (Å²) in [5, 5.41) is 0. The first-order valence-corrected chi connectivity index (χ1v) is 10.1. The number of ether oxygens (including phenoxy) is 3. The average Bonchev–Trinajstić information content (AvgIpc) is 3.62. The van der Waals surface area contributed by atoms with Crippen molar-refractivity contribution in [1.82, 2.24) is 0 Å². The van der Waals surface area contributed by atoms with E-state index < -0.39 is 12.2 Å². The third-order valence-electron chi connectivity index (χ3n) is 4.15. The molecule has 0 saturated heterocycles. The van der Waals surface area contributed by atoms with E-state index in [1.165, 1.54) is 26.2 Å². The second kappa shape index (κ2) is 13.6. The predicted octanol–water partition coefficient (Wildman–Crippen LogP) is 4.48. The number of hydrogen-bond acceptors (Lipinski definition) is 5. The zero-order valence-corrected chi connectivity index (χ0v) is 17.0. The largest absolute Gasteiger partial charge is 0.466 e. The number of hydrogen-bond donors (Lipinski definition) is 0. The molecule has 3 rings (SSSR count). The number of esters is 1. The summed E-state index contributed by atoms with van der Waals surface area (Å²) in [6.07, 6.45) is 4.38. The molecular weight excluding hydrogens is 368 g/mol. The first-order valence-electron chi connectivity index (χ1n) is 10.1. The summed E-state index contributed by atoms with van der Waals surface area (Å²) >= 11 is 0. The second-order valence-electron chi connectivity index (χ2n) is 6.92. The fraction of sp³-hybridized carbons (Fsp3) is 0.417. The molecule has 0 N–H and O–H groups in total. The monoisotopic (exact) mass is 398 g/mol. The molecule has 0 aliphatic heterocycles. The number of rotatable bonds is 11. The third-order valence-corrected chi connectivity index (χ3v) is 4.15. The zero-order valence-electron chi connectivity index (χ0n) is 17.0. The Morgan fingerprint density at radius 3 is 1.86 bits per heavy atom. The lowest BCUT2D eigenvalue weighted by Gasteiger charge is -2.24. The fourth-order valence-corrected chi connectivity index (χ4v) is 2.44. The van der Waals surface area contributed by atoms with E-state index in [4.69, 9.17) is 14.2 Å². The number of carbonyl (C=O) groups is 2. The molecule has 0 heterocycles. The molecule has 1 fully saturated rings. The topological polar surface area (TPSA) is 61.8 Å². The highest BCUT2D eigenvalue weighted by molar-refractivity contribution is 5.65. The van der Waals surface area contributed by atoms with E-state index in [0.717, 1.165) is 17.4 Å². The van der Waals surface area contributed by atoms with Gasteiger partial charge in [0.15, 0.2) is 6.29 Å². The Morgan fingerprint density at radius 2 is 1.41 bits per heavy atom. The van der Waals surface area contributed by atoms with E-state index in [1.54, 1.807) is 0 Å². The highest BCUT2D eigenvalue weighted by Crippen LogP contribution is 2.15. The zero-order chi connectivity index (χ0) is 20.7. The van der Waals surface area contributed by atoms with E-state index in [1.807, 2.05) is 60.7 Å². The van der Waals surface area contributed by atoms with Crippen molar-refractivity contribution in [2.24, 2.45) is 0 Å². The number of carbonyl (C=O) groups excluding carboxylic acids is 2. The van der Waals surface area contributed by atoms with Gasteiger partial charge >= 0.3 is 5.97 Å². The van der Waals surface area contributed by atoms with Crippen LogP contribution in [0.25, 0.3) is 0 Å². The summed E-state index contributed by atoms with van der Waals surface area (Å²) in [6.45, 7) is 2.18. The lowest BCUT2D eigenvalue weighted by atomic mass is 10.1. The maximum absolute atomic E-state index is 11.6. The molecule has 0 aromatic heterocycles. The van der Waals surface area contributed by atoms with Crippen molar-refractivity contribution in [3.05, 3.63) is 71.8 Å². The van der Waals surface area contributed by atoms with Gasteiger partial charge in [-0.05, 0) is 11.1 Å². The van der Waals surface area contributed by atoms with Crippen molar-refractivity contribution in [2.75, 3.05) is 6.61 Å². The minimum absolute atomic E-state index is 0.174. The lowest BCUT2D eigenvalue weighted by Crippen LogP contribution is -2.34. The van der Waals surface area contributed by atoms with Crippen LogP contribution in [0.15, 0.2) is 60.7 Å². The molecule has 0 radical (unpaired) electrons. The van der Waals surface area contributed by atoms with Gasteiger partial charge in [-0.3, -0.25) is 4.79 Å². The van der Waals surface area contributed by atoms with Crippen LogP contribution in [-0.4, -0.2) is 31.1 Å². The standard InChI is InChI=1S/C21H24O5.C3H6/c1-17(23)24-13-12-20(25-15-18-8-4-2-5-9-18)21(14-22)26-16-19-10-6-3-7-11-19;1-2-3-1/h2-11,14,20-21H,12-13,15-16H2,1H3;1-3H2/t20-,21+;/m0./s1. The maximum Gasteiger partial charge on any atom is 0.302 e. The third kappa shape index (κ3) is 10.6. The SMILES string of the molecule is C1CC1.CC(=O)OCC[C@H](OCc1ccccc1)[C@@H](C=O)OCc1ccccc1. The minimum atomic E-state index is -0.741. The van der Waals surface area contributed by atoms with Gasteiger partial charge in [0.25, 0.3) is 0 Å². The molecule has 0 amide bonds. The Hall–Kier alpha value is -2.50. The van der Waals surface area contributed by atoms with Gasteiger partial charge in [0.05, 0.1) is 25.9 Å². The molecule has 29 heavy (non-hydrogen) atoms. The van der Waals surface area contributed by atoms with E-state index in [0.29, 0.717) is 19.6 Å². The highest BCUT2D eigenvalue weighted by Gasteiger charge is 2.23. The lowest BCUT2D eigenvalue weighted by molar-refractivity contribution is -0.145. The number of benzene rings is 2. The molecule has 5 nitrogen and oxygen atoms in total. The summed E-state index contributed by atoms with van der Waals surface area (Å²) in [6, 6.07) is 19.3. The Morgan fingerprint density at radius 1 is 0.897 bits per heavy atom. The highest BCUT2D eigenvalue weighted by atomic mass is 16.6. The van der Waals surface area contributed by atoms with Crippen molar-refractivity contribution in [3.8, 4) is 0 Å². The van der Waals surface area contributed by atoms with E-state index in [-0.39, 0.29) is 12.6 Å². The summed E-state index contributed by atoms with van der Waals surface area (Å²) in [5.74, 6) is -0.361. The van der Waals surface area contributed by atoms with Crippen molar-refractivity contribution < 1.29 is 23.8 Å². The van der Waals surface area contributed by atoms with Crippen LogP contribution in [0.3, 0.4) is 0 Å². The molecule has 0 spiro atoms. The molecule has 1 aliphatic carbocycles. The van der Waals surface area contributed by atoms with Gasteiger partial charge in [-0.15, -0.1) is 0 Å². The molecule has 5 heteroatoms. The van der Waals surface area contributed by atoms with Crippen molar-refractivity contribution in [1.29, 1.82) is 0 Å². The van der Waals surface area contributed by atoms with Crippen LogP contribution in [0.5, 0.6) is 0 Å². The van der Waals surface area contributed by atoms with Gasteiger partial charge < -0.3 is 19.0 Å². The Balaban J connectivity index is 0.000000912. The Bertz CT molecular complexity index is 697. The molecule has 0 unspecified atom stereocenters. The molecule has 2 aromatic rings. The van der Waals surface area contributed by atoms with Crippen molar-refractivity contribution in [2.45, 2.75) is 58.0 Å². The fourth-order valence-electron chi connectivity index (χ4n) is 2.44. The smallest absolute Gasteiger partial charge is 0.302 e. The molecule has 156 valence electrons. The van der Waals surface area contributed by atoms with Gasteiger partial charge in [0, 0.05) is 13.3 Å². The van der Waals surface area contributed by atoms with Gasteiger partial charge in [-0.1, -0.05) is 79.9 Å². The van der Waals surface area contributed by atoms with Crippen LogP contribution >= 0.6 is 0 Å². The van der Waals surface area contributed by atoms with E-state index in [2.05, 4.69) is 0 Å². The Kier molecular flexibility index (Phi) is 10.7. The first-order chi connectivity index (χ1) is 14.2. The summed E-state index contributed by atoms with van der Waals surface area (Å²) in [4.78, 5) is 22.6. The number of aldehydes is 1. The van der Waals surface area contributed by atoms with Crippen LogP contribution < -0.4 is 0 Å². The molecular formula is C24H30O5. The maximum atomic E-state index is 11.6. The Labute approximate surface area is 173 Å². The molecule has 2 aromatic carbocycles. The van der Waals surface area contributed by atoms with Crippen LogP contribution in [0.4, 0.5) is 0 Å². The molecule has 2 atom stereocenters. The van der Waals surface area contributed by atoms with Crippen LogP contribution in [0.1, 0.15) is 43.7 Å². The van der Waals surface area contributed by atoms with Gasteiger partial charge in [0.2, 0.25) is 0 Å². The van der Waals surface area contributed by atoms with Gasteiger partial charge in [-0.2, -0.15) is 0 Å². The molecule has 0 bridgehead atoms. The quantitative estimate of drug-likeness (QED) is 0.413. The van der Waals surface area contributed by atoms with Crippen LogP contribution in [-0.2, 0) is 37.0 Å².